The summed E-state index contributed by atoms with van der Waals surface area (Å²) in [5.41, 5.74) is 2.48. The third-order valence-electron chi connectivity index (χ3n) is 6.62. The van der Waals surface area contributed by atoms with E-state index in [9.17, 15) is 9.59 Å². The minimum atomic E-state index is -0.268. The van der Waals surface area contributed by atoms with Crippen LogP contribution in [0.1, 0.15) is 45.1 Å². The molecule has 2 fully saturated rings. The van der Waals surface area contributed by atoms with Gasteiger partial charge in [0.15, 0.2) is 5.65 Å². The predicted octanol–water partition coefficient (Wildman–Crippen LogP) is 3.90. The van der Waals surface area contributed by atoms with E-state index in [-0.39, 0.29) is 29.8 Å². The second kappa shape index (κ2) is 7.20. The lowest BCUT2D eigenvalue weighted by atomic mass is 9.73. The molecule has 0 aromatic carbocycles. The smallest absolute Gasteiger partial charge is 0.410 e. The lowest BCUT2D eigenvalue weighted by Gasteiger charge is -2.39. The summed E-state index contributed by atoms with van der Waals surface area (Å²) in [5, 5.41) is 0.476. The Morgan fingerprint density at radius 3 is 3.10 bits per heavy atom. The first-order chi connectivity index (χ1) is 14.0. The van der Waals surface area contributed by atoms with Gasteiger partial charge in [0.25, 0.3) is 0 Å². The average Bonchev–Trinajstić information content (AvgIpc) is 3.28. The summed E-state index contributed by atoms with van der Waals surface area (Å²) in [6, 6.07) is 1.57. The fourth-order valence-corrected chi connectivity index (χ4v) is 5.46. The first-order valence-electron chi connectivity index (χ1n) is 10.4. The Labute approximate surface area is 173 Å². The molecular weight excluding hydrogens is 392 g/mol. The van der Waals surface area contributed by atoms with E-state index in [1.165, 1.54) is 24.6 Å². The number of carbonyl (C=O) groups is 1. The van der Waals surface area contributed by atoms with E-state index in [4.69, 9.17) is 16.3 Å². The lowest BCUT2D eigenvalue weighted by molar-refractivity contribution is 0.00789. The van der Waals surface area contributed by atoms with Gasteiger partial charge in [-0.15, -0.1) is 0 Å². The van der Waals surface area contributed by atoms with Crippen molar-refractivity contribution in [1.82, 2.24) is 19.4 Å². The topological polar surface area (TPSA) is 80.2 Å². The van der Waals surface area contributed by atoms with Gasteiger partial charge in [-0.3, -0.25) is 4.57 Å². The van der Waals surface area contributed by atoms with E-state index in [0.717, 1.165) is 12.8 Å². The van der Waals surface area contributed by atoms with E-state index >= 15 is 0 Å². The number of amides is 1. The fourth-order valence-electron chi connectivity index (χ4n) is 5.30. The number of hydrogen-bond acceptors (Lipinski definition) is 4. The second-order valence-electron chi connectivity index (χ2n) is 8.60. The molecule has 3 aliphatic rings. The summed E-state index contributed by atoms with van der Waals surface area (Å²) in [6.45, 7) is 3.16. The largest absolute Gasteiger partial charge is 0.445 e. The van der Waals surface area contributed by atoms with Crippen molar-refractivity contribution in [3.63, 3.8) is 0 Å². The molecule has 1 N–H and O–H groups in total. The number of pyridine rings is 1. The summed E-state index contributed by atoms with van der Waals surface area (Å²) in [6.07, 6.45) is 8.76. The number of nitrogens with one attached hydrogen (secondary N) is 1. The molecule has 0 radical (unpaired) electrons. The first-order valence-corrected chi connectivity index (χ1v) is 10.8. The van der Waals surface area contributed by atoms with Crippen LogP contribution in [-0.4, -0.2) is 44.7 Å². The minimum Gasteiger partial charge on any atom is -0.445 e. The fraction of sp³-hybridized carbons (Fsp3) is 0.571. The number of ether oxygens (including phenoxy) is 1. The summed E-state index contributed by atoms with van der Waals surface area (Å²) in [7, 11) is 0. The molecule has 4 atom stereocenters. The number of hydrogen-bond donors (Lipinski definition) is 1. The molecule has 7 nitrogen and oxygen atoms in total. The minimum absolute atomic E-state index is 0.0507. The van der Waals surface area contributed by atoms with E-state index in [0.29, 0.717) is 41.6 Å². The van der Waals surface area contributed by atoms with Gasteiger partial charge in [0.05, 0.1) is 16.6 Å². The quantitative estimate of drug-likeness (QED) is 0.753. The SMILES string of the molecule is CC1C=C2CCCC(C2)C1OC(=O)N1CCC(n2c(=O)[nH]c3cc(Cl)cnc32)C1. The zero-order valence-corrected chi connectivity index (χ0v) is 17.2. The normalized spacial score (nSPS) is 29.2. The Balaban J connectivity index is 1.31. The van der Waals surface area contributed by atoms with Gasteiger partial charge in [0.2, 0.25) is 0 Å². The first kappa shape index (κ1) is 18.7. The highest BCUT2D eigenvalue weighted by Crippen LogP contribution is 2.40. The van der Waals surface area contributed by atoms with Crippen LogP contribution in [0.25, 0.3) is 11.2 Å². The number of H-pyrrole nitrogens is 1. The Bertz CT molecular complexity index is 1040. The summed E-state index contributed by atoms with van der Waals surface area (Å²) in [4.78, 5) is 34.2. The van der Waals surface area contributed by atoms with E-state index in [1.54, 1.807) is 15.5 Å². The van der Waals surface area contributed by atoms with Crippen LogP contribution in [0.5, 0.6) is 0 Å². The molecule has 1 amide bonds. The van der Waals surface area contributed by atoms with Gasteiger partial charge in [-0.05, 0) is 38.2 Å². The Morgan fingerprint density at radius 2 is 2.24 bits per heavy atom. The third-order valence-corrected chi connectivity index (χ3v) is 6.83. The van der Waals surface area contributed by atoms with E-state index in [1.807, 2.05) is 0 Å². The number of rotatable bonds is 2. The standard InChI is InChI=1S/C21H25ClN4O3/c1-12-7-13-3-2-4-14(8-13)18(12)29-21(28)25-6-5-16(11-25)26-19-17(24-20(26)27)9-15(22)10-23-19/h7,9-10,12,14,16,18H,2-6,8,11H2,1H3,(H,24,27). The highest BCUT2D eigenvalue weighted by atomic mass is 35.5. The molecule has 8 heteroatoms. The number of aromatic nitrogens is 3. The molecule has 0 spiro atoms. The number of likely N-dealkylation sites (tertiary alicyclic amines) is 1. The summed E-state index contributed by atoms with van der Waals surface area (Å²) in [5.74, 6) is 0.697. The van der Waals surface area contributed by atoms with Gasteiger partial charge in [0.1, 0.15) is 6.10 Å². The molecule has 4 unspecified atom stereocenters. The molecule has 1 saturated heterocycles. The van der Waals surface area contributed by atoms with Crippen LogP contribution in [-0.2, 0) is 4.74 Å². The zero-order valence-electron chi connectivity index (χ0n) is 16.4. The lowest BCUT2D eigenvalue weighted by Crippen LogP contribution is -2.41. The molecule has 2 aromatic heterocycles. The molecule has 5 rings (SSSR count). The van der Waals surface area contributed by atoms with Crippen molar-refractivity contribution in [2.24, 2.45) is 11.8 Å². The summed E-state index contributed by atoms with van der Waals surface area (Å²) < 4.78 is 7.62. The maximum atomic E-state index is 12.9. The molecule has 2 aromatic rings. The monoisotopic (exact) mass is 416 g/mol. The maximum Gasteiger partial charge on any atom is 0.410 e. The van der Waals surface area contributed by atoms with Crippen molar-refractivity contribution in [2.75, 3.05) is 13.1 Å². The molecule has 3 heterocycles. The van der Waals surface area contributed by atoms with Gasteiger partial charge in [-0.1, -0.05) is 30.2 Å². The Hall–Kier alpha value is -2.28. The molecule has 1 aliphatic heterocycles. The summed E-state index contributed by atoms with van der Waals surface area (Å²) >= 11 is 5.98. The maximum absolute atomic E-state index is 12.9. The van der Waals surface area contributed by atoms with Crippen LogP contribution in [0.15, 0.2) is 28.7 Å². The third kappa shape index (κ3) is 3.35. The van der Waals surface area contributed by atoms with Crippen LogP contribution in [0.4, 0.5) is 4.79 Å². The number of aromatic amines is 1. The van der Waals surface area contributed by atoms with Crippen molar-refractivity contribution in [3.05, 3.63) is 39.4 Å². The molecule has 2 aliphatic carbocycles. The van der Waals surface area contributed by atoms with E-state index in [2.05, 4.69) is 23.0 Å². The Morgan fingerprint density at radius 1 is 1.38 bits per heavy atom. The van der Waals surface area contributed by atoms with Gasteiger partial charge in [-0.2, -0.15) is 0 Å². The molecular formula is C21H25ClN4O3. The number of halogens is 1. The second-order valence-corrected chi connectivity index (χ2v) is 9.04. The van der Waals surface area contributed by atoms with Crippen molar-refractivity contribution in [2.45, 2.75) is 51.2 Å². The number of imidazole rings is 1. The van der Waals surface area contributed by atoms with Crippen LogP contribution in [0.2, 0.25) is 5.02 Å². The van der Waals surface area contributed by atoms with E-state index < -0.39 is 0 Å². The van der Waals surface area contributed by atoms with Crippen LogP contribution >= 0.6 is 11.6 Å². The zero-order chi connectivity index (χ0) is 20.1. The van der Waals surface area contributed by atoms with Crippen LogP contribution < -0.4 is 5.69 Å². The highest BCUT2D eigenvalue weighted by molar-refractivity contribution is 6.31. The molecule has 2 bridgehead atoms. The molecule has 1 saturated carbocycles. The molecule has 154 valence electrons. The average molecular weight is 417 g/mol. The number of allylic oxidation sites excluding steroid dienone is 1. The van der Waals surface area contributed by atoms with Gasteiger partial charge >= 0.3 is 11.8 Å². The van der Waals surface area contributed by atoms with Crippen molar-refractivity contribution in [3.8, 4) is 0 Å². The van der Waals surface area contributed by atoms with Crippen LogP contribution in [0.3, 0.4) is 0 Å². The van der Waals surface area contributed by atoms with Crippen molar-refractivity contribution in [1.29, 1.82) is 0 Å². The van der Waals surface area contributed by atoms with Gasteiger partial charge in [-0.25, -0.2) is 14.6 Å². The number of nitrogens with zero attached hydrogens (tertiary/aromatic N) is 3. The van der Waals surface area contributed by atoms with Crippen molar-refractivity contribution < 1.29 is 9.53 Å². The highest BCUT2D eigenvalue weighted by Gasteiger charge is 2.38. The Kier molecular flexibility index (Phi) is 4.65. The van der Waals surface area contributed by atoms with Gasteiger partial charge in [0, 0.05) is 31.1 Å². The van der Waals surface area contributed by atoms with Gasteiger partial charge < -0.3 is 14.6 Å². The van der Waals surface area contributed by atoms with Crippen LogP contribution in [0, 0.1) is 11.8 Å². The number of carbonyl (C=O) groups excluding carboxylic acids is 1. The predicted molar refractivity (Wildman–Crippen MR) is 110 cm³/mol. The number of fused-ring (bicyclic) bond motifs is 3. The molecule has 29 heavy (non-hydrogen) atoms. The van der Waals surface area contributed by atoms with Crippen molar-refractivity contribution >= 4 is 28.9 Å².